The van der Waals surface area contributed by atoms with E-state index in [1.165, 1.54) is 49.3 Å². The van der Waals surface area contributed by atoms with Gasteiger partial charge in [-0.05, 0) is 44.3 Å². The van der Waals surface area contributed by atoms with Crippen LogP contribution in [0.15, 0.2) is 6.07 Å². The Kier molecular flexibility index (Phi) is 5.66. The second-order valence-electron chi connectivity index (χ2n) is 7.55. The lowest BCUT2D eigenvalue weighted by Crippen LogP contribution is -2.46. The monoisotopic (exact) mass is 361 g/mol. The summed E-state index contributed by atoms with van der Waals surface area (Å²) in [7, 11) is 0. The highest BCUT2D eigenvalue weighted by atomic mass is 32.2. The van der Waals surface area contributed by atoms with E-state index in [2.05, 4.69) is 39.9 Å². The third-order valence-corrected chi connectivity index (χ3v) is 6.89. The number of thioether (sulfide) groups is 1. The molecule has 1 aromatic heterocycles. The van der Waals surface area contributed by atoms with Crippen LogP contribution in [0.1, 0.15) is 44.7 Å². The predicted molar refractivity (Wildman–Crippen MR) is 107 cm³/mol. The Bertz CT molecular complexity index is 561. The van der Waals surface area contributed by atoms with E-state index in [-0.39, 0.29) is 0 Å². The Balaban J connectivity index is 1.40. The zero-order chi connectivity index (χ0) is 17.1. The number of anilines is 2. The fourth-order valence-electron chi connectivity index (χ4n) is 4.15. The SMILES string of the molecule is CCc1cc(N2CCC(NC3CCSC3)CC2)nc(N2CCCC2)n1. The van der Waals surface area contributed by atoms with Crippen molar-refractivity contribution in [1.82, 2.24) is 15.3 Å². The molecule has 3 fully saturated rings. The predicted octanol–water partition coefficient (Wildman–Crippen LogP) is 2.70. The first-order chi connectivity index (χ1) is 12.3. The van der Waals surface area contributed by atoms with E-state index in [4.69, 9.17) is 9.97 Å². The molecule has 0 radical (unpaired) electrons. The molecule has 6 heteroatoms. The molecule has 0 spiro atoms. The molecule has 1 aromatic rings. The highest BCUT2D eigenvalue weighted by Gasteiger charge is 2.25. The molecule has 0 aromatic carbocycles. The molecule has 1 N–H and O–H groups in total. The molecule has 1 atom stereocenters. The minimum atomic E-state index is 0.686. The molecule has 0 amide bonds. The maximum absolute atomic E-state index is 4.93. The van der Waals surface area contributed by atoms with Crippen molar-refractivity contribution < 1.29 is 0 Å². The highest BCUT2D eigenvalue weighted by Crippen LogP contribution is 2.25. The first kappa shape index (κ1) is 17.4. The van der Waals surface area contributed by atoms with Crippen LogP contribution in [0.5, 0.6) is 0 Å². The zero-order valence-electron chi connectivity index (χ0n) is 15.4. The van der Waals surface area contributed by atoms with Gasteiger partial charge in [0.25, 0.3) is 0 Å². The number of hydrogen-bond donors (Lipinski definition) is 1. The third kappa shape index (κ3) is 4.22. The van der Waals surface area contributed by atoms with Crippen LogP contribution in [0.25, 0.3) is 0 Å². The van der Waals surface area contributed by atoms with Gasteiger partial charge < -0.3 is 15.1 Å². The topological polar surface area (TPSA) is 44.3 Å². The van der Waals surface area contributed by atoms with Crippen LogP contribution in [-0.2, 0) is 6.42 Å². The first-order valence-corrected chi connectivity index (χ1v) is 11.2. The van der Waals surface area contributed by atoms with E-state index in [0.29, 0.717) is 6.04 Å². The molecule has 3 aliphatic rings. The third-order valence-electron chi connectivity index (χ3n) is 5.73. The summed E-state index contributed by atoms with van der Waals surface area (Å²) in [6, 6.07) is 3.64. The van der Waals surface area contributed by atoms with Crippen molar-refractivity contribution in [3.63, 3.8) is 0 Å². The quantitative estimate of drug-likeness (QED) is 0.870. The molecule has 5 nitrogen and oxygen atoms in total. The lowest BCUT2D eigenvalue weighted by Gasteiger charge is -2.35. The maximum atomic E-state index is 4.93. The Morgan fingerprint density at radius 2 is 1.84 bits per heavy atom. The van der Waals surface area contributed by atoms with Gasteiger partial charge in [-0.1, -0.05) is 6.92 Å². The smallest absolute Gasteiger partial charge is 0.227 e. The average molecular weight is 362 g/mol. The number of aryl methyl sites for hydroxylation is 1. The van der Waals surface area contributed by atoms with E-state index in [1.807, 2.05) is 0 Å². The van der Waals surface area contributed by atoms with Crippen molar-refractivity contribution in [3.8, 4) is 0 Å². The number of rotatable bonds is 5. The summed E-state index contributed by atoms with van der Waals surface area (Å²) in [6.45, 7) is 6.62. The standard InChI is InChI=1S/C19H31N5S/c1-2-15-13-18(22-19(21-15)24-8-3-4-9-24)23-10-5-16(6-11-23)20-17-7-12-25-14-17/h13,16-17,20H,2-12,14H2,1H3. The second-order valence-corrected chi connectivity index (χ2v) is 8.70. The molecule has 1 unspecified atom stereocenters. The minimum absolute atomic E-state index is 0.686. The summed E-state index contributed by atoms with van der Waals surface area (Å²) in [6.07, 6.45) is 7.32. The van der Waals surface area contributed by atoms with E-state index in [1.54, 1.807) is 0 Å². The highest BCUT2D eigenvalue weighted by molar-refractivity contribution is 7.99. The lowest BCUT2D eigenvalue weighted by molar-refractivity contribution is 0.378. The van der Waals surface area contributed by atoms with E-state index >= 15 is 0 Å². The van der Waals surface area contributed by atoms with Gasteiger partial charge in [-0.3, -0.25) is 0 Å². The number of hydrogen-bond acceptors (Lipinski definition) is 6. The maximum Gasteiger partial charge on any atom is 0.227 e. The largest absolute Gasteiger partial charge is 0.356 e. The van der Waals surface area contributed by atoms with Crippen LogP contribution < -0.4 is 15.1 Å². The minimum Gasteiger partial charge on any atom is -0.356 e. The number of aromatic nitrogens is 2. The summed E-state index contributed by atoms with van der Waals surface area (Å²) < 4.78 is 0. The Hall–Kier alpha value is -1.01. The van der Waals surface area contributed by atoms with Crippen molar-refractivity contribution in [2.75, 3.05) is 47.5 Å². The molecule has 3 saturated heterocycles. The molecule has 0 aliphatic carbocycles. The van der Waals surface area contributed by atoms with E-state index in [9.17, 15) is 0 Å². The Morgan fingerprint density at radius 1 is 1.04 bits per heavy atom. The molecule has 138 valence electrons. The van der Waals surface area contributed by atoms with Crippen LogP contribution in [0.4, 0.5) is 11.8 Å². The summed E-state index contributed by atoms with van der Waals surface area (Å²) in [4.78, 5) is 14.5. The van der Waals surface area contributed by atoms with Gasteiger partial charge in [0.05, 0.1) is 0 Å². The van der Waals surface area contributed by atoms with Crippen LogP contribution in [0.3, 0.4) is 0 Å². The molecule has 0 bridgehead atoms. The van der Waals surface area contributed by atoms with Crippen molar-refractivity contribution in [3.05, 3.63) is 11.8 Å². The number of nitrogens with zero attached hydrogens (tertiary/aromatic N) is 4. The van der Waals surface area contributed by atoms with E-state index < -0.39 is 0 Å². The van der Waals surface area contributed by atoms with Gasteiger partial charge in [-0.2, -0.15) is 16.7 Å². The van der Waals surface area contributed by atoms with Crippen molar-refractivity contribution in [1.29, 1.82) is 0 Å². The molecule has 4 rings (SSSR count). The fourth-order valence-corrected chi connectivity index (χ4v) is 5.31. The van der Waals surface area contributed by atoms with E-state index in [0.717, 1.165) is 50.4 Å². The summed E-state index contributed by atoms with van der Waals surface area (Å²) in [5.41, 5.74) is 1.18. The lowest BCUT2D eigenvalue weighted by atomic mass is 10.0. The molecule has 3 aliphatic heterocycles. The molecule has 0 saturated carbocycles. The van der Waals surface area contributed by atoms with Gasteiger partial charge in [0.15, 0.2) is 0 Å². The van der Waals surface area contributed by atoms with Crippen molar-refractivity contribution in [2.24, 2.45) is 0 Å². The van der Waals surface area contributed by atoms with Crippen LogP contribution in [0.2, 0.25) is 0 Å². The van der Waals surface area contributed by atoms with Crippen LogP contribution >= 0.6 is 11.8 Å². The summed E-state index contributed by atoms with van der Waals surface area (Å²) >= 11 is 2.09. The van der Waals surface area contributed by atoms with Crippen molar-refractivity contribution in [2.45, 2.75) is 57.5 Å². The van der Waals surface area contributed by atoms with Gasteiger partial charge >= 0.3 is 0 Å². The molecule has 4 heterocycles. The van der Waals surface area contributed by atoms with Crippen LogP contribution in [0, 0.1) is 0 Å². The van der Waals surface area contributed by atoms with Crippen LogP contribution in [-0.4, -0.2) is 59.7 Å². The molecular formula is C19H31N5S. The Labute approximate surface area is 156 Å². The van der Waals surface area contributed by atoms with Gasteiger partial charge in [-0.25, -0.2) is 4.98 Å². The summed E-state index contributed by atoms with van der Waals surface area (Å²) in [5, 5.41) is 3.88. The number of nitrogens with one attached hydrogen (secondary N) is 1. The van der Waals surface area contributed by atoms with Gasteiger partial charge in [0, 0.05) is 55.8 Å². The molecule has 25 heavy (non-hydrogen) atoms. The fraction of sp³-hybridized carbons (Fsp3) is 0.789. The Morgan fingerprint density at radius 3 is 2.52 bits per heavy atom. The summed E-state index contributed by atoms with van der Waals surface area (Å²) in [5.74, 6) is 4.72. The van der Waals surface area contributed by atoms with Gasteiger partial charge in [-0.15, -0.1) is 0 Å². The van der Waals surface area contributed by atoms with Gasteiger partial charge in [0.2, 0.25) is 5.95 Å². The average Bonchev–Trinajstić information content (AvgIpc) is 3.36. The number of piperidine rings is 1. The van der Waals surface area contributed by atoms with Crippen molar-refractivity contribution >= 4 is 23.5 Å². The normalized spacial score (nSPS) is 25.1. The zero-order valence-corrected chi connectivity index (χ0v) is 16.2. The van der Waals surface area contributed by atoms with Gasteiger partial charge in [0.1, 0.15) is 5.82 Å². The first-order valence-electron chi connectivity index (χ1n) is 10.0. The molecular weight excluding hydrogens is 330 g/mol. The second kappa shape index (κ2) is 8.12.